The molecule has 3 rings (SSSR count). The zero-order valence-corrected chi connectivity index (χ0v) is 9.52. The van der Waals surface area contributed by atoms with Crippen molar-refractivity contribution in [3.63, 3.8) is 0 Å². The smallest absolute Gasteiger partial charge is 0.214 e. The SMILES string of the molecule is Oc1cc(C2CCCCC2)nc(C2CC2)n1. The summed E-state index contributed by atoms with van der Waals surface area (Å²) >= 11 is 0. The van der Waals surface area contributed by atoms with Gasteiger partial charge >= 0.3 is 0 Å². The van der Waals surface area contributed by atoms with Gasteiger partial charge in [0.1, 0.15) is 5.82 Å². The molecule has 2 fully saturated rings. The molecule has 1 N–H and O–H groups in total. The van der Waals surface area contributed by atoms with Gasteiger partial charge in [-0.05, 0) is 25.7 Å². The van der Waals surface area contributed by atoms with Gasteiger partial charge in [0.2, 0.25) is 5.88 Å². The van der Waals surface area contributed by atoms with E-state index in [0.29, 0.717) is 11.8 Å². The van der Waals surface area contributed by atoms with Crippen LogP contribution >= 0.6 is 0 Å². The van der Waals surface area contributed by atoms with E-state index in [0.717, 1.165) is 11.5 Å². The molecule has 3 heteroatoms. The summed E-state index contributed by atoms with van der Waals surface area (Å²) in [5.74, 6) is 2.12. The number of aromatic hydroxyl groups is 1. The van der Waals surface area contributed by atoms with Crippen LogP contribution in [0.1, 0.15) is 68.3 Å². The first-order valence-electron chi connectivity index (χ1n) is 6.41. The van der Waals surface area contributed by atoms with Gasteiger partial charge in [0.25, 0.3) is 0 Å². The summed E-state index contributed by atoms with van der Waals surface area (Å²) in [6.45, 7) is 0. The lowest BCUT2D eigenvalue weighted by atomic mass is 9.87. The van der Waals surface area contributed by atoms with E-state index >= 15 is 0 Å². The first kappa shape index (κ1) is 10.1. The standard InChI is InChI=1S/C13H18N2O/c16-12-8-11(9-4-2-1-3-5-9)14-13(15-12)10-6-7-10/h8-10H,1-7H2,(H,14,15,16). The van der Waals surface area contributed by atoms with Crippen molar-refractivity contribution in [2.75, 3.05) is 0 Å². The van der Waals surface area contributed by atoms with Crippen LogP contribution < -0.4 is 0 Å². The molecule has 0 bridgehead atoms. The Balaban J connectivity index is 1.86. The van der Waals surface area contributed by atoms with Gasteiger partial charge in [0.05, 0.1) is 5.69 Å². The second-order valence-electron chi connectivity index (χ2n) is 5.12. The third-order valence-electron chi connectivity index (χ3n) is 3.72. The average Bonchev–Trinajstić information content (AvgIpc) is 3.13. The Morgan fingerprint density at radius 1 is 0.938 bits per heavy atom. The van der Waals surface area contributed by atoms with Crippen molar-refractivity contribution in [3.8, 4) is 5.88 Å². The van der Waals surface area contributed by atoms with E-state index in [1.807, 2.05) is 0 Å². The van der Waals surface area contributed by atoms with E-state index in [-0.39, 0.29) is 5.88 Å². The molecule has 0 radical (unpaired) electrons. The van der Waals surface area contributed by atoms with Crippen LogP contribution in [0.15, 0.2) is 6.07 Å². The summed E-state index contributed by atoms with van der Waals surface area (Å²) in [5, 5.41) is 9.65. The van der Waals surface area contributed by atoms with Crippen molar-refractivity contribution in [1.29, 1.82) is 0 Å². The topological polar surface area (TPSA) is 46.0 Å². The number of hydrogen-bond donors (Lipinski definition) is 1. The van der Waals surface area contributed by atoms with Crippen molar-refractivity contribution >= 4 is 0 Å². The molecule has 0 aliphatic heterocycles. The minimum absolute atomic E-state index is 0.164. The zero-order valence-electron chi connectivity index (χ0n) is 9.52. The molecular weight excluding hydrogens is 200 g/mol. The Kier molecular flexibility index (Phi) is 2.54. The molecule has 86 valence electrons. The number of hydrogen-bond acceptors (Lipinski definition) is 3. The highest BCUT2D eigenvalue weighted by molar-refractivity contribution is 5.21. The molecule has 2 aliphatic carbocycles. The highest BCUT2D eigenvalue weighted by Gasteiger charge is 2.28. The van der Waals surface area contributed by atoms with Gasteiger partial charge in [-0.3, -0.25) is 0 Å². The first-order chi connectivity index (χ1) is 7.83. The molecule has 1 aromatic heterocycles. The van der Waals surface area contributed by atoms with Gasteiger partial charge in [-0.2, -0.15) is 4.98 Å². The number of nitrogens with zero attached hydrogens (tertiary/aromatic N) is 2. The molecule has 0 spiro atoms. The molecule has 1 aromatic rings. The third kappa shape index (κ3) is 2.04. The van der Waals surface area contributed by atoms with Crippen LogP contribution in [0.4, 0.5) is 0 Å². The van der Waals surface area contributed by atoms with Crippen LogP contribution in [0.25, 0.3) is 0 Å². The normalized spacial score (nSPS) is 22.2. The van der Waals surface area contributed by atoms with Crippen LogP contribution in [-0.2, 0) is 0 Å². The van der Waals surface area contributed by atoms with Gasteiger partial charge in [-0.1, -0.05) is 19.3 Å². The minimum Gasteiger partial charge on any atom is -0.493 e. The van der Waals surface area contributed by atoms with E-state index in [9.17, 15) is 5.11 Å². The monoisotopic (exact) mass is 218 g/mol. The lowest BCUT2D eigenvalue weighted by Gasteiger charge is -2.21. The van der Waals surface area contributed by atoms with E-state index < -0.39 is 0 Å². The Morgan fingerprint density at radius 3 is 2.38 bits per heavy atom. The van der Waals surface area contributed by atoms with E-state index in [2.05, 4.69) is 9.97 Å². The molecule has 0 aromatic carbocycles. The molecule has 0 unspecified atom stereocenters. The second-order valence-corrected chi connectivity index (χ2v) is 5.12. The maximum atomic E-state index is 9.65. The first-order valence-corrected chi connectivity index (χ1v) is 6.41. The molecule has 3 nitrogen and oxygen atoms in total. The molecule has 16 heavy (non-hydrogen) atoms. The van der Waals surface area contributed by atoms with Crippen LogP contribution in [0.2, 0.25) is 0 Å². The highest BCUT2D eigenvalue weighted by Crippen LogP contribution is 2.40. The van der Waals surface area contributed by atoms with Gasteiger partial charge in [0.15, 0.2) is 0 Å². The maximum Gasteiger partial charge on any atom is 0.214 e. The fourth-order valence-corrected chi connectivity index (χ4v) is 2.60. The van der Waals surface area contributed by atoms with Gasteiger partial charge < -0.3 is 5.11 Å². The second kappa shape index (κ2) is 4.04. The van der Waals surface area contributed by atoms with Gasteiger partial charge in [0, 0.05) is 17.9 Å². The fraction of sp³-hybridized carbons (Fsp3) is 0.692. The Labute approximate surface area is 95.9 Å². The van der Waals surface area contributed by atoms with Crippen molar-refractivity contribution in [1.82, 2.24) is 9.97 Å². The third-order valence-corrected chi connectivity index (χ3v) is 3.72. The largest absolute Gasteiger partial charge is 0.493 e. The van der Waals surface area contributed by atoms with Gasteiger partial charge in [-0.25, -0.2) is 4.98 Å². The van der Waals surface area contributed by atoms with Crippen molar-refractivity contribution in [2.24, 2.45) is 0 Å². The Bertz CT molecular complexity index is 382. The average molecular weight is 218 g/mol. The highest BCUT2D eigenvalue weighted by atomic mass is 16.3. The van der Waals surface area contributed by atoms with Crippen LogP contribution in [0, 0.1) is 0 Å². The molecular formula is C13H18N2O. The number of rotatable bonds is 2. The number of aromatic nitrogens is 2. The zero-order chi connectivity index (χ0) is 11.0. The van der Waals surface area contributed by atoms with Crippen molar-refractivity contribution in [2.45, 2.75) is 56.8 Å². The lowest BCUT2D eigenvalue weighted by molar-refractivity contribution is 0.420. The maximum absolute atomic E-state index is 9.65. The van der Waals surface area contributed by atoms with E-state index in [4.69, 9.17) is 0 Å². The van der Waals surface area contributed by atoms with Crippen LogP contribution in [0.5, 0.6) is 5.88 Å². The molecule has 0 saturated heterocycles. The fourth-order valence-electron chi connectivity index (χ4n) is 2.60. The minimum atomic E-state index is 0.164. The molecule has 2 saturated carbocycles. The molecule has 0 amide bonds. The van der Waals surface area contributed by atoms with Crippen molar-refractivity contribution < 1.29 is 5.11 Å². The quantitative estimate of drug-likeness (QED) is 0.829. The predicted octanol–water partition coefficient (Wildman–Crippen LogP) is 3.11. The van der Waals surface area contributed by atoms with E-state index in [1.165, 1.54) is 44.9 Å². The van der Waals surface area contributed by atoms with Crippen LogP contribution in [0.3, 0.4) is 0 Å². The molecule has 0 atom stereocenters. The summed E-state index contributed by atoms with van der Waals surface area (Å²) < 4.78 is 0. The van der Waals surface area contributed by atoms with Gasteiger partial charge in [-0.15, -0.1) is 0 Å². The summed E-state index contributed by atoms with van der Waals surface area (Å²) in [7, 11) is 0. The van der Waals surface area contributed by atoms with E-state index in [1.54, 1.807) is 6.07 Å². The predicted molar refractivity (Wildman–Crippen MR) is 61.5 cm³/mol. The molecule has 1 heterocycles. The summed E-state index contributed by atoms with van der Waals surface area (Å²) in [5.41, 5.74) is 1.08. The summed E-state index contributed by atoms with van der Waals surface area (Å²) in [4.78, 5) is 8.78. The Hall–Kier alpha value is -1.12. The van der Waals surface area contributed by atoms with Crippen LogP contribution in [-0.4, -0.2) is 15.1 Å². The molecule has 2 aliphatic rings. The summed E-state index contributed by atoms with van der Waals surface area (Å²) in [6, 6.07) is 1.77. The lowest BCUT2D eigenvalue weighted by Crippen LogP contribution is -2.08. The Morgan fingerprint density at radius 2 is 1.69 bits per heavy atom. The summed E-state index contributed by atoms with van der Waals surface area (Å²) in [6.07, 6.45) is 8.77. The van der Waals surface area contributed by atoms with Crippen molar-refractivity contribution in [3.05, 3.63) is 17.6 Å².